The number of ether oxygens (including phenoxy) is 1. The van der Waals surface area contributed by atoms with Crippen LogP contribution in [-0.2, 0) is 11.2 Å². The topological polar surface area (TPSA) is 72.5 Å². The molecule has 0 bridgehead atoms. The van der Waals surface area contributed by atoms with Gasteiger partial charge in [0.15, 0.2) is 6.10 Å². The third-order valence-corrected chi connectivity index (χ3v) is 3.52. The van der Waals surface area contributed by atoms with Crippen molar-refractivity contribution in [2.75, 3.05) is 0 Å². The van der Waals surface area contributed by atoms with Crippen molar-refractivity contribution in [3.63, 3.8) is 0 Å². The molecule has 2 unspecified atom stereocenters. The molecule has 0 heterocycles. The summed E-state index contributed by atoms with van der Waals surface area (Å²) in [7, 11) is 0. The van der Waals surface area contributed by atoms with Crippen LogP contribution in [0.4, 0.5) is 0 Å². The minimum absolute atomic E-state index is 0.0216. The van der Waals surface area contributed by atoms with Gasteiger partial charge in [-0.05, 0) is 31.4 Å². The van der Waals surface area contributed by atoms with Crippen molar-refractivity contribution >= 4 is 17.6 Å². The molecular formula is C15H22ClNO3. The molecule has 0 aromatic heterocycles. The number of hydrogen-bond acceptors (Lipinski definition) is 3. The van der Waals surface area contributed by atoms with Gasteiger partial charge in [0.2, 0.25) is 0 Å². The van der Waals surface area contributed by atoms with Crippen LogP contribution in [0, 0.1) is 0 Å². The van der Waals surface area contributed by atoms with Crippen LogP contribution in [0.5, 0.6) is 5.75 Å². The van der Waals surface area contributed by atoms with Gasteiger partial charge in [0.05, 0.1) is 0 Å². The first-order chi connectivity index (χ1) is 9.49. The standard InChI is InChI=1S/C15H22ClNO3/c1-3-6-14(15(18)19)20-13-8-5-7-12(16)11(13)9-10(17)4-2/h5,7-8,10,14H,3-4,6,9,17H2,1-2H3,(H,18,19). The summed E-state index contributed by atoms with van der Waals surface area (Å²) < 4.78 is 5.63. The molecule has 2 atom stereocenters. The number of rotatable bonds is 8. The third-order valence-electron chi connectivity index (χ3n) is 3.16. The van der Waals surface area contributed by atoms with Gasteiger partial charge in [-0.3, -0.25) is 0 Å². The summed E-state index contributed by atoms with van der Waals surface area (Å²) in [6, 6.07) is 5.24. The Labute approximate surface area is 124 Å². The summed E-state index contributed by atoms with van der Waals surface area (Å²) >= 11 is 6.19. The van der Waals surface area contributed by atoms with Gasteiger partial charge in [0.1, 0.15) is 5.75 Å². The number of halogens is 1. The first-order valence-electron chi connectivity index (χ1n) is 6.92. The molecule has 0 fully saturated rings. The van der Waals surface area contributed by atoms with E-state index in [1.54, 1.807) is 18.2 Å². The van der Waals surface area contributed by atoms with E-state index in [4.69, 9.17) is 22.1 Å². The van der Waals surface area contributed by atoms with Crippen molar-refractivity contribution < 1.29 is 14.6 Å². The maximum Gasteiger partial charge on any atom is 0.344 e. The van der Waals surface area contributed by atoms with Crippen molar-refractivity contribution in [1.82, 2.24) is 0 Å². The van der Waals surface area contributed by atoms with Crippen LogP contribution in [0.1, 0.15) is 38.7 Å². The molecule has 0 aliphatic rings. The van der Waals surface area contributed by atoms with Gasteiger partial charge < -0.3 is 15.6 Å². The molecule has 0 radical (unpaired) electrons. The lowest BCUT2D eigenvalue weighted by Gasteiger charge is -2.19. The van der Waals surface area contributed by atoms with Gasteiger partial charge in [-0.2, -0.15) is 0 Å². The second-order valence-electron chi connectivity index (χ2n) is 4.82. The fourth-order valence-corrected chi connectivity index (χ4v) is 2.15. The van der Waals surface area contributed by atoms with E-state index in [1.807, 2.05) is 13.8 Å². The van der Waals surface area contributed by atoms with Gasteiger partial charge >= 0.3 is 5.97 Å². The van der Waals surface area contributed by atoms with E-state index in [0.29, 0.717) is 23.6 Å². The lowest BCUT2D eigenvalue weighted by atomic mass is 10.0. The lowest BCUT2D eigenvalue weighted by Crippen LogP contribution is -2.28. The zero-order chi connectivity index (χ0) is 15.1. The van der Waals surface area contributed by atoms with Gasteiger partial charge in [-0.1, -0.05) is 37.9 Å². The van der Waals surface area contributed by atoms with Crippen LogP contribution < -0.4 is 10.5 Å². The largest absolute Gasteiger partial charge is 0.479 e. The number of carbonyl (C=O) groups is 1. The SMILES string of the molecule is CCCC(Oc1cccc(Cl)c1CC(N)CC)C(=O)O. The van der Waals surface area contributed by atoms with Crippen LogP contribution >= 0.6 is 11.6 Å². The maximum absolute atomic E-state index is 11.2. The predicted octanol–water partition coefficient (Wildman–Crippen LogP) is 3.25. The van der Waals surface area contributed by atoms with Gasteiger partial charge in [-0.25, -0.2) is 4.79 Å². The Kier molecular flexibility index (Phi) is 6.82. The van der Waals surface area contributed by atoms with E-state index in [9.17, 15) is 9.90 Å². The van der Waals surface area contributed by atoms with Gasteiger partial charge in [-0.15, -0.1) is 0 Å². The molecule has 0 aliphatic carbocycles. The fourth-order valence-electron chi connectivity index (χ4n) is 1.90. The van der Waals surface area contributed by atoms with E-state index in [1.165, 1.54) is 0 Å². The summed E-state index contributed by atoms with van der Waals surface area (Å²) in [6.07, 6.45) is 1.74. The number of hydrogen-bond donors (Lipinski definition) is 2. The van der Waals surface area contributed by atoms with Crippen molar-refractivity contribution in [3.05, 3.63) is 28.8 Å². The molecule has 1 rings (SSSR count). The number of carboxylic acid groups (broad SMARTS) is 1. The molecule has 5 heteroatoms. The molecule has 1 aromatic carbocycles. The van der Waals surface area contributed by atoms with Crippen molar-refractivity contribution in [2.45, 2.75) is 51.7 Å². The molecule has 0 aliphatic heterocycles. The summed E-state index contributed by atoms with van der Waals surface area (Å²) in [5, 5.41) is 9.73. The number of benzene rings is 1. The number of aliphatic carboxylic acids is 1. The highest BCUT2D eigenvalue weighted by Crippen LogP contribution is 2.29. The van der Waals surface area contributed by atoms with Crippen LogP contribution in [0.25, 0.3) is 0 Å². The quantitative estimate of drug-likeness (QED) is 0.773. The second-order valence-corrected chi connectivity index (χ2v) is 5.23. The molecule has 4 nitrogen and oxygen atoms in total. The summed E-state index contributed by atoms with van der Waals surface area (Å²) in [5.74, 6) is -0.445. The number of nitrogens with two attached hydrogens (primary N) is 1. The first-order valence-corrected chi connectivity index (χ1v) is 7.29. The minimum atomic E-state index is -0.961. The highest BCUT2D eigenvalue weighted by atomic mass is 35.5. The maximum atomic E-state index is 11.2. The lowest BCUT2D eigenvalue weighted by molar-refractivity contribution is -0.145. The Balaban J connectivity index is 2.98. The van der Waals surface area contributed by atoms with E-state index in [2.05, 4.69) is 0 Å². The highest BCUT2D eigenvalue weighted by molar-refractivity contribution is 6.31. The van der Waals surface area contributed by atoms with Crippen molar-refractivity contribution in [1.29, 1.82) is 0 Å². The van der Waals surface area contributed by atoms with Gasteiger partial charge in [0.25, 0.3) is 0 Å². The monoisotopic (exact) mass is 299 g/mol. The fraction of sp³-hybridized carbons (Fsp3) is 0.533. The second kappa shape index (κ2) is 8.12. The van der Waals surface area contributed by atoms with Crippen LogP contribution in [0.15, 0.2) is 18.2 Å². The smallest absolute Gasteiger partial charge is 0.344 e. The molecule has 0 saturated carbocycles. The Hall–Kier alpha value is -1.26. The van der Waals surface area contributed by atoms with E-state index < -0.39 is 12.1 Å². The zero-order valence-electron chi connectivity index (χ0n) is 11.9. The zero-order valence-corrected chi connectivity index (χ0v) is 12.7. The third kappa shape index (κ3) is 4.69. The summed E-state index contributed by atoms with van der Waals surface area (Å²) in [5.41, 5.74) is 6.74. The first kappa shape index (κ1) is 16.8. The normalized spacial score (nSPS) is 13.8. The minimum Gasteiger partial charge on any atom is -0.479 e. The molecule has 0 spiro atoms. The summed E-state index contributed by atoms with van der Waals surface area (Å²) in [4.78, 5) is 11.2. The molecule has 0 saturated heterocycles. The number of carboxylic acids is 1. The summed E-state index contributed by atoms with van der Waals surface area (Å²) in [6.45, 7) is 3.92. The predicted molar refractivity (Wildman–Crippen MR) is 80.4 cm³/mol. The van der Waals surface area contributed by atoms with Gasteiger partial charge in [0, 0.05) is 16.6 Å². The van der Waals surface area contributed by atoms with E-state index in [-0.39, 0.29) is 6.04 Å². The average Bonchev–Trinajstić information content (AvgIpc) is 2.41. The van der Waals surface area contributed by atoms with Crippen LogP contribution in [-0.4, -0.2) is 23.2 Å². The molecule has 0 amide bonds. The Bertz CT molecular complexity index is 451. The van der Waals surface area contributed by atoms with E-state index >= 15 is 0 Å². The van der Waals surface area contributed by atoms with Crippen molar-refractivity contribution in [2.24, 2.45) is 5.73 Å². The van der Waals surface area contributed by atoms with Crippen LogP contribution in [0.3, 0.4) is 0 Å². The van der Waals surface area contributed by atoms with E-state index in [0.717, 1.165) is 18.4 Å². The Morgan fingerprint density at radius 2 is 2.15 bits per heavy atom. The molecule has 112 valence electrons. The van der Waals surface area contributed by atoms with Crippen LogP contribution in [0.2, 0.25) is 5.02 Å². The molecule has 20 heavy (non-hydrogen) atoms. The highest BCUT2D eigenvalue weighted by Gasteiger charge is 2.21. The average molecular weight is 300 g/mol. The Morgan fingerprint density at radius 3 is 2.70 bits per heavy atom. The van der Waals surface area contributed by atoms with Crippen molar-refractivity contribution in [3.8, 4) is 5.75 Å². The molecular weight excluding hydrogens is 278 g/mol. The molecule has 1 aromatic rings. The Morgan fingerprint density at radius 1 is 1.45 bits per heavy atom. The molecule has 3 N–H and O–H groups in total.